The molecule has 2 heterocycles. The summed E-state index contributed by atoms with van der Waals surface area (Å²) < 4.78 is 0. The fourth-order valence-corrected chi connectivity index (χ4v) is 4.77. The largest absolute Gasteiger partial charge is 0.340 e. The van der Waals surface area contributed by atoms with Crippen molar-refractivity contribution in [2.75, 3.05) is 37.6 Å². The van der Waals surface area contributed by atoms with Crippen LogP contribution >= 0.6 is 0 Å². The molecule has 5 nitrogen and oxygen atoms in total. The predicted octanol–water partition coefficient (Wildman–Crippen LogP) is 5.03. The number of fused-ring (bicyclic) bond motifs is 1. The highest BCUT2D eigenvalue weighted by molar-refractivity contribution is 5.99. The number of carbonyl (C=O) groups excluding carboxylic acids is 1. The molecule has 1 fully saturated rings. The quantitative estimate of drug-likeness (QED) is 0.653. The Morgan fingerprint density at radius 3 is 2.67 bits per heavy atom. The van der Waals surface area contributed by atoms with Crippen LogP contribution in [0.15, 0.2) is 24.4 Å². The topological polar surface area (TPSA) is 52.2 Å². The van der Waals surface area contributed by atoms with Crippen LogP contribution in [0.3, 0.4) is 0 Å². The van der Waals surface area contributed by atoms with E-state index in [1.165, 1.54) is 37.8 Å². The van der Waals surface area contributed by atoms with E-state index in [0.717, 1.165) is 55.4 Å². The van der Waals surface area contributed by atoms with Crippen molar-refractivity contribution in [1.29, 1.82) is 0 Å². The van der Waals surface area contributed by atoms with E-state index < -0.39 is 0 Å². The molecule has 0 unspecified atom stereocenters. The maximum Gasteiger partial charge on any atom is 0.203 e. The first kappa shape index (κ1) is 21.1. The van der Waals surface area contributed by atoms with Crippen LogP contribution in [-0.2, 0) is 5.41 Å². The van der Waals surface area contributed by atoms with Gasteiger partial charge in [-0.3, -0.25) is 9.69 Å². The van der Waals surface area contributed by atoms with E-state index >= 15 is 0 Å². The normalized spacial score (nSPS) is 19.2. The van der Waals surface area contributed by atoms with Crippen molar-refractivity contribution in [3.8, 4) is 11.3 Å². The van der Waals surface area contributed by atoms with Gasteiger partial charge < -0.3 is 9.88 Å². The number of benzene rings is 1. The van der Waals surface area contributed by atoms with Crippen molar-refractivity contribution in [3.63, 3.8) is 0 Å². The zero-order valence-electron chi connectivity index (χ0n) is 18.8. The maximum absolute atomic E-state index is 12.3. The van der Waals surface area contributed by atoms with Crippen molar-refractivity contribution in [3.05, 3.63) is 35.5 Å². The molecule has 5 heteroatoms. The van der Waals surface area contributed by atoms with Gasteiger partial charge in [0, 0.05) is 38.2 Å². The summed E-state index contributed by atoms with van der Waals surface area (Å²) in [4.78, 5) is 25.5. The van der Waals surface area contributed by atoms with Crippen LogP contribution in [-0.4, -0.2) is 53.4 Å². The molecular formula is C25H36N4O. The highest BCUT2D eigenvalue weighted by Gasteiger charge is 2.32. The third-order valence-electron chi connectivity index (χ3n) is 6.90. The lowest BCUT2D eigenvalue weighted by Crippen LogP contribution is -2.47. The first-order valence-corrected chi connectivity index (χ1v) is 11.7. The Hall–Kier alpha value is -2.14. The van der Waals surface area contributed by atoms with Crippen LogP contribution in [0.25, 0.3) is 11.3 Å². The van der Waals surface area contributed by atoms with Crippen molar-refractivity contribution >= 4 is 11.7 Å². The molecule has 2 aliphatic rings. The monoisotopic (exact) mass is 408 g/mol. The number of imidazole rings is 1. The van der Waals surface area contributed by atoms with Gasteiger partial charge in [0.2, 0.25) is 5.95 Å². The van der Waals surface area contributed by atoms with E-state index in [-0.39, 0.29) is 11.2 Å². The van der Waals surface area contributed by atoms with Gasteiger partial charge in [0.25, 0.3) is 0 Å². The number of hydrogen-bond donors (Lipinski definition) is 1. The Morgan fingerprint density at radius 1 is 1.10 bits per heavy atom. The molecule has 4 rings (SSSR count). The molecule has 1 saturated heterocycles. The average Bonchev–Trinajstić information content (AvgIpc) is 3.25. The second-order valence-corrected chi connectivity index (χ2v) is 9.58. The van der Waals surface area contributed by atoms with Gasteiger partial charge in [-0.2, -0.15) is 0 Å². The number of anilines is 1. The van der Waals surface area contributed by atoms with Crippen LogP contribution < -0.4 is 4.90 Å². The summed E-state index contributed by atoms with van der Waals surface area (Å²) in [6.45, 7) is 12.2. The van der Waals surface area contributed by atoms with Gasteiger partial charge in [-0.15, -0.1) is 0 Å². The smallest absolute Gasteiger partial charge is 0.203 e. The molecule has 0 saturated carbocycles. The van der Waals surface area contributed by atoms with Gasteiger partial charge in [0.15, 0.2) is 5.78 Å². The van der Waals surface area contributed by atoms with E-state index in [1.807, 2.05) is 12.3 Å². The SMILES string of the molecule is CCCCCCN1CCN(c2ncc(-c3ccc4c(c3)C(C)(C)CCC4=O)[nH]2)CC1. The molecule has 0 amide bonds. The van der Waals surface area contributed by atoms with Crippen LogP contribution in [0.1, 0.15) is 75.2 Å². The highest BCUT2D eigenvalue weighted by atomic mass is 16.1. The van der Waals surface area contributed by atoms with E-state index in [1.54, 1.807) is 0 Å². The van der Waals surface area contributed by atoms with Crippen LogP contribution in [0.5, 0.6) is 0 Å². The zero-order valence-corrected chi connectivity index (χ0v) is 18.8. The number of aromatic nitrogens is 2. The number of unbranched alkanes of at least 4 members (excludes halogenated alkanes) is 3. The van der Waals surface area contributed by atoms with Gasteiger partial charge >= 0.3 is 0 Å². The lowest BCUT2D eigenvalue weighted by molar-refractivity contribution is 0.0957. The van der Waals surface area contributed by atoms with E-state index in [0.29, 0.717) is 6.42 Å². The average molecular weight is 409 g/mol. The Morgan fingerprint density at radius 2 is 1.90 bits per heavy atom. The van der Waals surface area contributed by atoms with Crippen LogP contribution in [0.2, 0.25) is 0 Å². The molecule has 0 bridgehead atoms. The summed E-state index contributed by atoms with van der Waals surface area (Å²) in [5, 5.41) is 0. The molecule has 1 aliphatic heterocycles. The molecule has 1 N–H and O–H groups in total. The maximum atomic E-state index is 12.3. The number of nitrogens with one attached hydrogen (secondary N) is 1. The van der Waals surface area contributed by atoms with E-state index in [2.05, 4.69) is 52.7 Å². The Bertz CT molecular complexity index is 877. The van der Waals surface area contributed by atoms with Gasteiger partial charge in [0.05, 0.1) is 11.9 Å². The minimum Gasteiger partial charge on any atom is -0.340 e. The Labute approximate surface area is 180 Å². The predicted molar refractivity (Wildman–Crippen MR) is 123 cm³/mol. The molecule has 1 aromatic heterocycles. The van der Waals surface area contributed by atoms with Gasteiger partial charge in [-0.1, -0.05) is 52.2 Å². The van der Waals surface area contributed by atoms with Gasteiger partial charge in [-0.05, 0) is 42.0 Å². The van der Waals surface area contributed by atoms with Crippen molar-refractivity contribution in [2.24, 2.45) is 0 Å². The van der Waals surface area contributed by atoms with Crippen molar-refractivity contribution < 1.29 is 4.79 Å². The number of carbonyl (C=O) groups is 1. The first-order chi connectivity index (χ1) is 14.5. The summed E-state index contributed by atoms with van der Waals surface area (Å²) in [6, 6.07) is 6.26. The van der Waals surface area contributed by atoms with Crippen molar-refractivity contribution in [2.45, 2.75) is 64.7 Å². The molecule has 30 heavy (non-hydrogen) atoms. The molecule has 0 atom stereocenters. The fraction of sp³-hybridized carbons (Fsp3) is 0.600. The lowest BCUT2D eigenvalue weighted by Gasteiger charge is -2.34. The van der Waals surface area contributed by atoms with Crippen molar-refractivity contribution in [1.82, 2.24) is 14.9 Å². The molecule has 0 radical (unpaired) electrons. The number of H-pyrrole nitrogens is 1. The van der Waals surface area contributed by atoms with E-state index in [4.69, 9.17) is 0 Å². The van der Waals surface area contributed by atoms with Crippen LogP contribution in [0.4, 0.5) is 5.95 Å². The summed E-state index contributed by atoms with van der Waals surface area (Å²) >= 11 is 0. The van der Waals surface area contributed by atoms with Gasteiger partial charge in [0.1, 0.15) is 0 Å². The third kappa shape index (κ3) is 4.46. The Kier molecular flexibility index (Phi) is 6.28. The summed E-state index contributed by atoms with van der Waals surface area (Å²) in [7, 11) is 0. The minimum atomic E-state index is 0.0373. The lowest BCUT2D eigenvalue weighted by atomic mass is 9.72. The Balaban J connectivity index is 1.41. The number of Topliss-reactive ketones (excluding diaryl/α,β-unsaturated/α-hetero) is 1. The third-order valence-corrected chi connectivity index (χ3v) is 6.90. The summed E-state index contributed by atoms with van der Waals surface area (Å²) in [5.74, 6) is 1.23. The van der Waals surface area contributed by atoms with Crippen LogP contribution in [0, 0.1) is 0 Å². The van der Waals surface area contributed by atoms with E-state index in [9.17, 15) is 4.79 Å². The zero-order chi connectivity index (χ0) is 21.1. The number of rotatable bonds is 7. The number of piperazine rings is 1. The molecular weight excluding hydrogens is 372 g/mol. The van der Waals surface area contributed by atoms with Gasteiger partial charge in [-0.25, -0.2) is 4.98 Å². The number of nitrogens with zero attached hydrogens (tertiary/aromatic N) is 3. The number of hydrogen-bond acceptors (Lipinski definition) is 4. The minimum absolute atomic E-state index is 0.0373. The highest BCUT2D eigenvalue weighted by Crippen LogP contribution is 2.38. The summed E-state index contributed by atoms with van der Waals surface area (Å²) in [6.07, 6.45) is 8.82. The molecule has 162 valence electrons. The second kappa shape index (κ2) is 8.93. The summed E-state index contributed by atoms with van der Waals surface area (Å²) in [5.41, 5.74) is 4.25. The molecule has 0 spiro atoms. The number of aromatic amines is 1. The fourth-order valence-electron chi connectivity index (χ4n) is 4.77. The molecule has 1 aliphatic carbocycles. The second-order valence-electron chi connectivity index (χ2n) is 9.58. The standard InChI is InChI=1S/C25H36N4O/c1-4-5-6-7-12-28-13-15-29(16-14-28)24-26-18-22(27-24)19-8-9-20-21(17-19)25(2,3)11-10-23(20)30/h8-9,17-18H,4-7,10-16H2,1-3H3,(H,26,27). The molecule has 1 aromatic carbocycles. The first-order valence-electron chi connectivity index (χ1n) is 11.7. The molecule has 2 aromatic rings. The number of ketones is 1.